The van der Waals surface area contributed by atoms with E-state index in [-0.39, 0.29) is 23.0 Å². The molecule has 1 aromatic carbocycles. The highest BCUT2D eigenvalue weighted by Crippen LogP contribution is 2.47. The van der Waals surface area contributed by atoms with Crippen molar-refractivity contribution in [3.05, 3.63) is 32.7 Å². The van der Waals surface area contributed by atoms with Crippen LogP contribution >= 0.6 is 0 Å². The highest BCUT2D eigenvalue weighted by atomic mass is 16.4. The van der Waals surface area contributed by atoms with Crippen LogP contribution in [-0.2, 0) is 6.42 Å². The zero-order valence-electron chi connectivity index (χ0n) is 11.2. The number of phenols is 2. The van der Waals surface area contributed by atoms with Crippen LogP contribution < -0.4 is 5.63 Å². The monoisotopic (exact) mass is 260 g/mol. The van der Waals surface area contributed by atoms with E-state index in [0.717, 1.165) is 23.8 Å². The third kappa shape index (κ3) is 1.43. The van der Waals surface area contributed by atoms with Crippen LogP contribution in [0, 0.1) is 13.8 Å². The molecule has 1 atom stereocenters. The van der Waals surface area contributed by atoms with Crippen molar-refractivity contribution in [2.75, 3.05) is 0 Å². The first kappa shape index (κ1) is 12.1. The number of hydrogen-bond acceptors (Lipinski definition) is 4. The predicted molar refractivity (Wildman–Crippen MR) is 72.0 cm³/mol. The normalized spacial score (nSPS) is 17.9. The highest BCUT2D eigenvalue weighted by Gasteiger charge is 2.29. The van der Waals surface area contributed by atoms with E-state index in [1.807, 2.05) is 6.92 Å². The lowest BCUT2D eigenvalue weighted by Gasteiger charge is -2.25. The molecule has 4 nitrogen and oxygen atoms in total. The van der Waals surface area contributed by atoms with Gasteiger partial charge < -0.3 is 14.6 Å². The Morgan fingerprint density at radius 2 is 1.84 bits per heavy atom. The van der Waals surface area contributed by atoms with Crippen LogP contribution in [0.4, 0.5) is 0 Å². The lowest BCUT2D eigenvalue weighted by Crippen LogP contribution is -2.15. The van der Waals surface area contributed by atoms with Crippen LogP contribution in [0.1, 0.15) is 41.5 Å². The largest absolute Gasteiger partial charge is 0.504 e. The molecule has 0 unspecified atom stereocenters. The van der Waals surface area contributed by atoms with E-state index in [1.54, 1.807) is 13.8 Å². The predicted octanol–water partition coefficient (Wildman–Crippen LogP) is 2.87. The molecule has 0 fully saturated rings. The van der Waals surface area contributed by atoms with Crippen molar-refractivity contribution in [2.24, 2.45) is 0 Å². The average molecular weight is 260 g/mol. The number of phenolic OH excluding ortho intramolecular Hbond substituents is 2. The summed E-state index contributed by atoms with van der Waals surface area (Å²) in [6, 6.07) is 0. The highest BCUT2D eigenvalue weighted by molar-refractivity contribution is 5.93. The van der Waals surface area contributed by atoms with Gasteiger partial charge in [-0.25, -0.2) is 4.79 Å². The Balaban J connectivity index is 2.65. The summed E-state index contributed by atoms with van der Waals surface area (Å²) in [6.45, 7) is 5.40. The van der Waals surface area contributed by atoms with Crippen molar-refractivity contribution in [1.82, 2.24) is 0 Å². The molecule has 0 aliphatic heterocycles. The van der Waals surface area contributed by atoms with Gasteiger partial charge in [-0.3, -0.25) is 0 Å². The van der Waals surface area contributed by atoms with E-state index >= 15 is 0 Å². The lowest BCUT2D eigenvalue weighted by molar-refractivity contribution is 0.391. The number of aromatic hydroxyl groups is 2. The summed E-state index contributed by atoms with van der Waals surface area (Å²) >= 11 is 0. The molecule has 0 saturated carbocycles. The minimum atomic E-state index is -0.365. The maximum atomic E-state index is 11.9. The summed E-state index contributed by atoms with van der Waals surface area (Å²) in [5.41, 5.74) is 2.71. The maximum absolute atomic E-state index is 11.9. The van der Waals surface area contributed by atoms with Gasteiger partial charge in [0.05, 0.1) is 0 Å². The maximum Gasteiger partial charge on any atom is 0.339 e. The summed E-state index contributed by atoms with van der Waals surface area (Å²) < 4.78 is 5.34. The molecule has 4 heteroatoms. The van der Waals surface area contributed by atoms with Gasteiger partial charge in [-0.05, 0) is 38.2 Å². The molecule has 1 aromatic heterocycles. The van der Waals surface area contributed by atoms with Crippen LogP contribution in [0.25, 0.3) is 11.0 Å². The lowest BCUT2D eigenvalue weighted by atomic mass is 9.81. The SMILES string of the molecule is Cc1c2c3c(c(O)c(O)c(C)c3oc1=O)[C@@H](C)CC2. The second kappa shape index (κ2) is 3.76. The van der Waals surface area contributed by atoms with Crippen molar-refractivity contribution < 1.29 is 14.6 Å². The van der Waals surface area contributed by atoms with E-state index < -0.39 is 0 Å². The average Bonchev–Trinajstić information content (AvgIpc) is 2.38. The fourth-order valence-corrected chi connectivity index (χ4v) is 3.05. The third-order valence-electron chi connectivity index (χ3n) is 4.25. The molecule has 0 spiro atoms. The fourth-order valence-electron chi connectivity index (χ4n) is 3.05. The van der Waals surface area contributed by atoms with E-state index in [1.165, 1.54) is 0 Å². The first-order chi connectivity index (χ1) is 8.93. The Kier molecular flexibility index (Phi) is 2.39. The Labute approximate surface area is 110 Å². The summed E-state index contributed by atoms with van der Waals surface area (Å²) in [6.07, 6.45) is 1.65. The van der Waals surface area contributed by atoms with Gasteiger partial charge in [-0.15, -0.1) is 0 Å². The topological polar surface area (TPSA) is 70.7 Å². The van der Waals surface area contributed by atoms with Gasteiger partial charge in [0.25, 0.3) is 0 Å². The van der Waals surface area contributed by atoms with Crippen LogP contribution in [0.15, 0.2) is 9.21 Å². The van der Waals surface area contributed by atoms with E-state index in [0.29, 0.717) is 22.3 Å². The first-order valence-corrected chi connectivity index (χ1v) is 6.44. The van der Waals surface area contributed by atoms with Gasteiger partial charge in [0, 0.05) is 22.1 Å². The number of aryl methyl sites for hydroxylation is 2. The van der Waals surface area contributed by atoms with Crippen molar-refractivity contribution >= 4 is 11.0 Å². The molecule has 0 bridgehead atoms. The van der Waals surface area contributed by atoms with Gasteiger partial charge in [-0.1, -0.05) is 6.92 Å². The molecule has 100 valence electrons. The molecule has 0 radical (unpaired) electrons. The zero-order valence-corrected chi connectivity index (χ0v) is 11.2. The van der Waals surface area contributed by atoms with Crippen molar-refractivity contribution in [2.45, 2.75) is 39.5 Å². The van der Waals surface area contributed by atoms with Crippen molar-refractivity contribution in [3.8, 4) is 11.5 Å². The van der Waals surface area contributed by atoms with E-state index in [4.69, 9.17) is 4.42 Å². The Morgan fingerprint density at radius 1 is 1.16 bits per heavy atom. The van der Waals surface area contributed by atoms with Crippen LogP contribution in [0.5, 0.6) is 11.5 Å². The Bertz CT molecular complexity index is 755. The smallest absolute Gasteiger partial charge is 0.339 e. The van der Waals surface area contributed by atoms with Gasteiger partial charge in [0.1, 0.15) is 5.58 Å². The molecular formula is C15H16O4. The van der Waals surface area contributed by atoms with Crippen LogP contribution in [0.2, 0.25) is 0 Å². The second-order valence-corrected chi connectivity index (χ2v) is 5.37. The standard InChI is InChI=1S/C15H16O4/c1-6-4-5-9-7(2)15(18)19-14-8(3)12(16)13(17)10(6)11(9)14/h6,16-17H,4-5H2,1-3H3/t6-/m0/s1. The molecule has 0 saturated heterocycles. The summed E-state index contributed by atoms with van der Waals surface area (Å²) in [4.78, 5) is 11.9. The molecule has 3 rings (SSSR count). The molecule has 0 amide bonds. The van der Waals surface area contributed by atoms with Crippen molar-refractivity contribution in [1.29, 1.82) is 0 Å². The Hall–Kier alpha value is -1.97. The molecule has 2 aromatic rings. The zero-order chi connectivity index (χ0) is 13.9. The number of rotatable bonds is 0. The van der Waals surface area contributed by atoms with Gasteiger partial charge in [0.2, 0.25) is 0 Å². The first-order valence-electron chi connectivity index (χ1n) is 6.44. The van der Waals surface area contributed by atoms with Gasteiger partial charge >= 0.3 is 5.63 Å². The second-order valence-electron chi connectivity index (χ2n) is 5.37. The van der Waals surface area contributed by atoms with Crippen LogP contribution in [0.3, 0.4) is 0 Å². The minimum absolute atomic E-state index is 0.0771. The molecule has 19 heavy (non-hydrogen) atoms. The Morgan fingerprint density at radius 3 is 2.53 bits per heavy atom. The van der Waals surface area contributed by atoms with E-state index in [9.17, 15) is 15.0 Å². The molecule has 1 aliphatic carbocycles. The van der Waals surface area contributed by atoms with Gasteiger partial charge in [0.15, 0.2) is 11.5 Å². The summed E-state index contributed by atoms with van der Waals surface area (Å²) in [5, 5.41) is 21.0. The molecular weight excluding hydrogens is 244 g/mol. The summed E-state index contributed by atoms with van der Waals surface area (Å²) in [5.74, 6) is -0.130. The van der Waals surface area contributed by atoms with Crippen LogP contribution in [-0.4, -0.2) is 10.2 Å². The molecule has 2 N–H and O–H groups in total. The molecule has 1 aliphatic rings. The quantitative estimate of drug-likeness (QED) is 0.564. The number of hydrogen-bond donors (Lipinski definition) is 2. The van der Waals surface area contributed by atoms with Gasteiger partial charge in [-0.2, -0.15) is 0 Å². The minimum Gasteiger partial charge on any atom is -0.504 e. The molecule has 1 heterocycles. The number of benzene rings is 1. The van der Waals surface area contributed by atoms with E-state index in [2.05, 4.69) is 0 Å². The third-order valence-corrected chi connectivity index (χ3v) is 4.25. The fraction of sp³-hybridized carbons (Fsp3) is 0.400. The summed E-state index contributed by atoms with van der Waals surface area (Å²) in [7, 11) is 0. The van der Waals surface area contributed by atoms with Crippen molar-refractivity contribution in [3.63, 3.8) is 0 Å².